The molecule has 0 aromatic rings. The van der Waals surface area contributed by atoms with Crippen molar-refractivity contribution in [3.63, 3.8) is 0 Å². The van der Waals surface area contributed by atoms with Crippen LogP contribution in [0.4, 0.5) is 4.79 Å². The molecule has 0 aromatic carbocycles. The van der Waals surface area contributed by atoms with Crippen LogP contribution in [0, 0.1) is 5.92 Å². The highest BCUT2D eigenvalue weighted by Gasteiger charge is 2.62. The molecule has 0 heterocycles. The molecule has 0 aromatic heterocycles. The first-order valence-electron chi connectivity index (χ1n) is 5.95. The Morgan fingerprint density at radius 3 is 2.56 bits per heavy atom. The highest BCUT2D eigenvalue weighted by molar-refractivity contribution is 5.89. The van der Waals surface area contributed by atoms with Crippen LogP contribution in [0.2, 0.25) is 0 Å². The van der Waals surface area contributed by atoms with Crippen LogP contribution in [0.15, 0.2) is 12.7 Å². The summed E-state index contributed by atoms with van der Waals surface area (Å²) in [6.07, 6.45) is 2.35. The van der Waals surface area contributed by atoms with Gasteiger partial charge < -0.3 is 14.8 Å². The van der Waals surface area contributed by atoms with E-state index in [1.54, 1.807) is 26.8 Å². The van der Waals surface area contributed by atoms with E-state index in [1.165, 1.54) is 7.11 Å². The average Bonchev–Trinajstić information content (AvgIpc) is 2.89. The third-order valence-electron chi connectivity index (χ3n) is 2.83. The van der Waals surface area contributed by atoms with Crippen molar-refractivity contribution >= 4 is 12.1 Å². The summed E-state index contributed by atoms with van der Waals surface area (Å²) in [6.45, 7) is 8.94. The van der Waals surface area contributed by atoms with E-state index in [0.717, 1.165) is 0 Å². The first-order chi connectivity index (χ1) is 8.25. The summed E-state index contributed by atoms with van der Waals surface area (Å²) >= 11 is 0. The molecule has 1 saturated carbocycles. The van der Waals surface area contributed by atoms with Gasteiger partial charge in [0, 0.05) is 0 Å². The second kappa shape index (κ2) is 5.00. The molecule has 0 aliphatic heterocycles. The van der Waals surface area contributed by atoms with Gasteiger partial charge in [0.1, 0.15) is 11.1 Å². The summed E-state index contributed by atoms with van der Waals surface area (Å²) in [5.74, 6) is -0.393. The molecule has 18 heavy (non-hydrogen) atoms. The first-order valence-corrected chi connectivity index (χ1v) is 5.95. The van der Waals surface area contributed by atoms with Crippen LogP contribution >= 0.6 is 0 Å². The zero-order valence-corrected chi connectivity index (χ0v) is 11.4. The third-order valence-corrected chi connectivity index (χ3v) is 2.83. The molecule has 0 spiro atoms. The highest BCUT2D eigenvalue weighted by atomic mass is 16.6. The molecule has 0 saturated heterocycles. The standard InChI is InChI=1S/C13H21NO4/c1-6-7-9-8-13(9,10(15)17-5)14-11(16)18-12(2,3)4/h6,9H,1,7-8H2,2-5H3,(H,14,16). The van der Waals surface area contributed by atoms with Gasteiger partial charge in [-0.3, -0.25) is 0 Å². The van der Waals surface area contributed by atoms with Crippen molar-refractivity contribution in [2.24, 2.45) is 5.92 Å². The second-order valence-electron chi connectivity index (χ2n) is 5.52. The van der Waals surface area contributed by atoms with Crippen LogP contribution in [0.3, 0.4) is 0 Å². The zero-order chi connectivity index (χ0) is 14.0. The van der Waals surface area contributed by atoms with Crippen LogP contribution in [0.5, 0.6) is 0 Å². The van der Waals surface area contributed by atoms with Gasteiger partial charge in [-0.25, -0.2) is 9.59 Å². The maximum atomic E-state index is 11.8. The van der Waals surface area contributed by atoms with Gasteiger partial charge in [-0.05, 0) is 39.5 Å². The minimum atomic E-state index is -0.939. The minimum absolute atomic E-state index is 0.0370. The van der Waals surface area contributed by atoms with E-state index < -0.39 is 23.2 Å². The normalized spacial score (nSPS) is 26.1. The predicted molar refractivity (Wildman–Crippen MR) is 67.0 cm³/mol. The summed E-state index contributed by atoms with van der Waals surface area (Å²) < 4.78 is 9.89. The van der Waals surface area contributed by atoms with E-state index in [-0.39, 0.29) is 5.92 Å². The Morgan fingerprint density at radius 2 is 2.11 bits per heavy atom. The molecular weight excluding hydrogens is 234 g/mol. The Balaban J connectivity index is 2.68. The van der Waals surface area contributed by atoms with Gasteiger partial charge >= 0.3 is 12.1 Å². The molecule has 1 fully saturated rings. The van der Waals surface area contributed by atoms with Crippen molar-refractivity contribution in [3.8, 4) is 0 Å². The number of carbonyl (C=O) groups is 2. The Hall–Kier alpha value is -1.52. The van der Waals surface area contributed by atoms with E-state index in [4.69, 9.17) is 9.47 Å². The van der Waals surface area contributed by atoms with E-state index in [1.807, 2.05) is 0 Å². The molecule has 5 heteroatoms. The van der Waals surface area contributed by atoms with Crippen LogP contribution in [-0.4, -0.2) is 30.3 Å². The lowest BCUT2D eigenvalue weighted by Crippen LogP contribution is -2.47. The smallest absolute Gasteiger partial charge is 0.408 e. The fourth-order valence-corrected chi connectivity index (χ4v) is 1.94. The quantitative estimate of drug-likeness (QED) is 0.616. The fraction of sp³-hybridized carbons (Fsp3) is 0.692. The average molecular weight is 255 g/mol. The number of rotatable bonds is 4. The lowest BCUT2D eigenvalue weighted by atomic mass is 10.1. The van der Waals surface area contributed by atoms with Crippen molar-refractivity contribution in [1.82, 2.24) is 5.32 Å². The van der Waals surface area contributed by atoms with E-state index in [9.17, 15) is 9.59 Å². The number of methoxy groups -OCH3 is 1. The van der Waals surface area contributed by atoms with Crippen molar-refractivity contribution in [1.29, 1.82) is 0 Å². The molecule has 1 N–H and O–H groups in total. The van der Waals surface area contributed by atoms with E-state index >= 15 is 0 Å². The van der Waals surface area contributed by atoms with Crippen LogP contribution < -0.4 is 5.32 Å². The lowest BCUT2D eigenvalue weighted by Gasteiger charge is -2.23. The van der Waals surface area contributed by atoms with Gasteiger partial charge in [0.25, 0.3) is 0 Å². The van der Waals surface area contributed by atoms with Gasteiger partial charge in [0.05, 0.1) is 7.11 Å². The van der Waals surface area contributed by atoms with Crippen molar-refractivity contribution in [3.05, 3.63) is 12.7 Å². The van der Waals surface area contributed by atoms with Crippen LogP contribution in [0.25, 0.3) is 0 Å². The Kier molecular flexibility index (Phi) is 4.04. The predicted octanol–water partition coefficient (Wildman–Crippen LogP) is 2.02. The molecule has 5 nitrogen and oxygen atoms in total. The zero-order valence-electron chi connectivity index (χ0n) is 11.4. The van der Waals surface area contributed by atoms with Crippen LogP contribution in [-0.2, 0) is 14.3 Å². The summed E-state index contributed by atoms with van der Waals surface area (Å²) in [5.41, 5.74) is -1.53. The van der Waals surface area contributed by atoms with Gasteiger partial charge in [-0.1, -0.05) is 6.08 Å². The summed E-state index contributed by atoms with van der Waals surface area (Å²) in [7, 11) is 1.31. The molecule has 2 unspecified atom stereocenters. The Bertz CT molecular complexity index is 358. The second-order valence-corrected chi connectivity index (χ2v) is 5.52. The molecule has 1 amide bonds. The number of hydrogen-bond acceptors (Lipinski definition) is 4. The van der Waals surface area contributed by atoms with Gasteiger partial charge in [0.15, 0.2) is 0 Å². The maximum absolute atomic E-state index is 11.8. The molecule has 1 aliphatic rings. The molecule has 0 radical (unpaired) electrons. The molecule has 2 atom stereocenters. The van der Waals surface area contributed by atoms with Crippen molar-refractivity contribution < 1.29 is 19.1 Å². The Labute approximate surface area is 108 Å². The topological polar surface area (TPSA) is 64.6 Å². The number of carbonyl (C=O) groups excluding carboxylic acids is 2. The maximum Gasteiger partial charge on any atom is 0.408 e. The lowest BCUT2D eigenvalue weighted by molar-refractivity contribution is -0.144. The van der Waals surface area contributed by atoms with Gasteiger partial charge in [-0.15, -0.1) is 6.58 Å². The third kappa shape index (κ3) is 3.24. The number of alkyl carbamates (subject to hydrolysis) is 1. The summed E-state index contributed by atoms with van der Waals surface area (Å²) in [4.78, 5) is 23.5. The van der Waals surface area contributed by atoms with Crippen molar-refractivity contribution in [2.45, 2.75) is 44.8 Å². The summed E-state index contributed by atoms with van der Waals surface area (Å²) in [5, 5.41) is 2.63. The van der Waals surface area contributed by atoms with E-state index in [2.05, 4.69) is 11.9 Å². The number of nitrogens with one attached hydrogen (secondary N) is 1. The molecule has 102 valence electrons. The van der Waals surface area contributed by atoms with Gasteiger partial charge in [-0.2, -0.15) is 0 Å². The summed E-state index contributed by atoms with van der Waals surface area (Å²) in [6, 6.07) is 0. The van der Waals surface area contributed by atoms with Crippen molar-refractivity contribution in [2.75, 3.05) is 7.11 Å². The highest BCUT2D eigenvalue weighted by Crippen LogP contribution is 2.47. The molecular formula is C13H21NO4. The van der Waals surface area contributed by atoms with E-state index in [0.29, 0.717) is 12.8 Å². The largest absolute Gasteiger partial charge is 0.467 e. The van der Waals surface area contributed by atoms with Crippen LogP contribution in [0.1, 0.15) is 33.6 Å². The number of esters is 1. The minimum Gasteiger partial charge on any atom is -0.467 e. The monoisotopic (exact) mass is 255 g/mol. The molecule has 1 rings (SSSR count). The first kappa shape index (κ1) is 14.5. The molecule has 0 bridgehead atoms. The SMILES string of the molecule is C=CCC1CC1(NC(=O)OC(C)(C)C)C(=O)OC. The number of ether oxygens (including phenoxy) is 2. The number of amides is 1. The number of allylic oxidation sites excluding steroid dienone is 1. The number of hydrogen-bond donors (Lipinski definition) is 1. The molecule has 1 aliphatic carbocycles. The van der Waals surface area contributed by atoms with Gasteiger partial charge in [0.2, 0.25) is 0 Å². The Morgan fingerprint density at radius 1 is 1.50 bits per heavy atom. The fourth-order valence-electron chi connectivity index (χ4n) is 1.94.